The first kappa shape index (κ1) is 14.9. The summed E-state index contributed by atoms with van der Waals surface area (Å²) in [5.41, 5.74) is 1.41. The summed E-state index contributed by atoms with van der Waals surface area (Å²) < 4.78 is 1.84. The minimum atomic E-state index is -0.512. The van der Waals surface area contributed by atoms with Gasteiger partial charge in [-0.15, -0.1) is 0 Å². The number of aromatic nitrogens is 2. The SMILES string of the molecule is O=C1N=c2ccccc2=N/C1=C\C(=O)c1ccc(-n2ccnc2)cc1. The van der Waals surface area contributed by atoms with Gasteiger partial charge >= 0.3 is 0 Å². The van der Waals surface area contributed by atoms with E-state index < -0.39 is 5.91 Å². The Balaban J connectivity index is 1.64. The molecule has 1 aliphatic rings. The smallest absolute Gasteiger partial charge is 0.296 e. The quantitative estimate of drug-likeness (QED) is 0.539. The molecule has 25 heavy (non-hydrogen) atoms. The number of benzene rings is 2. The minimum absolute atomic E-state index is 0.0439. The van der Waals surface area contributed by atoms with Crippen molar-refractivity contribution in [2.45, 2.75) is 0 Å². The van der Waals surface area contributed by atoms with Crippen LogP contribution < -0.4 is 10.7 Å². The Labute approximate surface area is 142 Å². The van der Waals surface area contributed by atoms with Gasteiger partial charge in [-0.05, 0) is 36.4 Å². The van der Waals surface area contributed by atoms with Crippen LogP contribution in [0.25, 0.3) is 5.69 Å². The molecule has 0 spiro atoms. The van der Waals surface area contributed by atoms with E-state index in [9.17, 15) is 9.59 Å². The number of para-hydroxylation sites is 2. The number of imidazole rings is 1. The van der Waals surface area contributed by atoms with Crippen LogP contribution in [-0.4, -0.2) is 21.2 Å². The highest BCUT2D eigenvalue weighted by Crippen LogP contribution is 2.12. The summed E-state index contributed by atoms with van der Waals surface area (Å²) in [5.74, 6) is -0.805. The number of allylic oxidation sites excluding steroid dienone is 1. The molecule has 0 radical (unpaired) electrons. The number of nitrogens with zero attached hydrogens (tertiary/aromatic N) is 4. The van der Waals surface area contributed by atoms with Crippen LogP contribution in [0.2, 0.25) is 0 Å². The number of carbonyl (C=O) groups is 2. The van der Waals surface area contributed by atoms with Crippen molar-refractivity contribution in [3.63, 3.8) is 0 Å². The highest BCUT2D eigenvalue weighted by molar-refractivity contribution is 6.09. The number of carbonyl (C=O) groups excluding carboxylic acids is 2. The summed E-state index contributed by atoms with van der Waals surface area (Å²) in [6.07, 6.45) is 6.41. The molecule has 0 aliphatic carbocycles. The Morgan fingerprint density at radius 2 is 1.68 bits per heavy atom. The van der Waals surface area contributed by atoms with Crippen molar-refractivity contribution in [3.05, 3.63) is 95.3 Å². The fourth-order valence-electron chi connectivity index (χ4n) is 2.51. The summed E-state index contributed by atoms with van der Waals surface area (Å²) in [5, 5.41) is 1.10. The zero-order chi connectivity index (χ0) is 17.2. The van der Waals surface area contributed by atoms with Crippen molar-refractivity contribution >= 4 is 11.7 Å². The number of rotatable bonds is 3. The molecule has 120 valence electrons. The van der Waals surface area contributed by atoms with Crippen LogP contribution in [-0.2, 0) is 4.79 Å². The third-order valence-electron chi connectivity index (χ3n) is 3.79. The maximum atomic E-state index is 12.4. The highest BCUT2D eigenvalue weighted by Gasteiger charge is 2.14. The van der Waals surface area contributed by atoms with Gasteiger partial charge in [0.1, 0.15) is 5.70 Å². The van der Waals surface area contributed by atoms with Crippen LogP contribution in [0.4, 0.5) is 0 Å². The lowest BCUT2D eigenvalue weighted by Gasteiger charge is -2.04. The Bertz CT molecular complexity index is 1110. The summed E-state index contributed by atoms with van der Waals surface area (Å²) in [6, 6.07) is 14.1. The molecular formula is C19H12N4O2. The summed E-state index contributed by atoms with van der Waals surface area (Å²) in [7, 11) is 0. The van der Waals surface area contributed by atoms with Gasteiger partial charge < -0.3 is 4.57 Å². The molecule has 0 saturated carbocycles. The van der Waals surface area contributed by atoms with Gasteiger partial charge in [-0.3, -0.25) is 9.59 Å². The first-order valence-electron chi connectivity index (χ1n) is 7.62. The molecule has 6 heteroatoms. The second-order valence-electron chi connectivity index (χ2n) is 5.43. The first-order valence-corrected chi connectivity index (χ1v) is 7.62. The number of hydrogen-bond donors (Lipinski definition) is 0. The largest absolute Gasteiger partial charge is 0.306 e. The average Bonchev–Trinajstić information content (AvgIpc) is 3.17. The van der Waals surface area contributed by atoms with E-state index in [1.807, 2.05) is 29.0 Å². The third-order valence-corrected chi connectivity index (χ3v) is 3.79. The van der Waals surface area contributed by atoms with Crippen LogP contribution in [0.5, 0.6) is 0 Å². The molecule has 0 saturated heterocycles. The zero-order valence-electron chi connectivity index (χ0n) is 13.0. The molecule has 3 aromatic rings. The molecule has 0 N–H and O–H groups in total. The molecule has 0 fully saturated rings. The molecule has 6 nitrogen and oxygen atoms in total. The van der Waals surface area contributed by atoms with E-state index in [-0.39, 0.29) is 11.5 Å². The van der Waals surface area contributed by atoms with Gasteiger partial charge in [-0.25, -0.2) is 15.0 Å². The minimum Gasteiger partial charge on any atom is -0.306 e. The average molecular weight is 328 g/mol. The lowest BCUT2D eigenvalue weighted by Crippen LogP contribution is -2.30. The van der Waals surface area contributed by atoms with Crippen molar-refractivity contribution < 1.29 is 9.59 Å². The highest BCUT2D eigenvalue weighted by atomic mass is 16.1. The monoisotopic (exact) mass is 328 g/mol. The summed E-state index contributed by atoms with van der Waals surface area (Å²) in [4.78, 5) is 36.6. The van der Waals surface area contributed by atoms with Crippen molar-refractivity contribution in [3.8, 4) is 5.69 Å². The molecule has 4 rings (SSSR count). The molecule has 0 atom stereocenters. The van der Waals surface area contributed by atoms with Gasteiger partial charge in [0.2, 0.25) is 0 Å². The topological polar surface area (TPSA) is 76.7 Å². The fourth-order valence-corrected chi connectivity index (χ4v) is 2.51. The molecule has 1 aliphatic heterocycles. The second-order valence-corrected chi connectivity index (χ2v) is 5.43. The van der Waals surface area contributed by atoms with Gasteiger partial charge in [0.15, 0.2) is 5.78 Å². The maximum Gasteiger partial charge on any atom is 0.296 e. The Hall–Kier alpha value is -3.67. The Morgan fingerprint density at radius 3 is 2.36 bits per heavy atom. The van der Waals surface area contributed by atoms with E-state index in [1.165, 1.54) is 6.08 Å². The van der Waals surface area contributed by atoms with Crippen LogP contribution in [0.1, 0.15) is 10.4 Å². The van der Waals surface area contributed by atoms with Gasteiger partial charge in [0.25, 0.3) is 5.91 Å². The van der Waals surface area contributed by atoms with E-state index in [1.54, 1.807) is 42.9 Å². The normalized spacial score (nSPS) is 14.6. The van der Waals surface area contributed by atoms with Gasteiger partial charge in [-0.2, -0.15) is 0 Å². The molecule has 2 aromatic carbocycles. The maximum absolute atomic E-state index is 12.4. The van der Waals surface area contributed by atoms with Gasteiger partial charge in [0.05, 0.1) is 17.0 Å². The van der Waals surface area contributed by atoms with Gasteiger partial charge in [0, 0.05) is 29.7 Å². The van der Waals surface area contributed by atoms with Crippen molar-refractivity contribution in [1.82, 2.24) is 9.55 Å². The standard InChI is InChI=1S/C19H12N4O2/c24-18(13-5-7-14(8-6-13)23-10-9-20-12-23)11-17-19(25)22-16-4-2-1-3-15(16)21-17/h1-12H/b17-11-. The van der Waals surface area contributed by atoms with Crippen molar-refractivity contribution in [1.29, 1.82) is 0 Å². The second kappa shape index (κ2) is 6.09. The molecule has 0 bridgehead atoms. The Morgan fingerprint density at radius 1 is 0.960 bits per heavy atom. The van der Waals surface area contributed by atoms with Crippen molar-refractivity contribution in [2.75, 3.05) is 0 Å². The zero-order valence-corrected chi connectivity index (χ0v) is 13.0. The number of hydrogen-bond acceptors (Lipinski definition) is 4. The van der Waals surface area contributed by atoms with E-state index in [0.717, 1.165) is 5.69 Å². The summed E-state index contributed by atoms with van der Waals surface area (Å²) in [6.45, 7) is 0. The van der Waals surface area contributed by atoms with Crippen LogP contribution in [0.3, 0.4) is 0 Å². The van der Waals surface area contributed by atoms with Gasteiger partial charge in [-0.1, -0.05) is 12.1 Å². The molecule has 0 unspecified atom stereocenters. The lowest BCUT2D eigenvalue weighted by molar-refractivity contribution is -0.114. The van der Waals surface area contributed by atoms with E-state index in [4.69, 9.17) is 0 Å². The molecular weight excluding hydrogens is 316 g/mol. The predicted molar refractivity (Wildman–Crippen MR) is 89.7 cm³/mol. The first-order chi connectivity index (χ1) is 12.2. The predicted octanol–water partition coefficient (Wildman–Crippen LogP) is 1.42. The number of amides is 1. The van der Waals surface area contributed by atoms with E-state index in [2.05, 4.69) is 15.0 Å². The Kier molecular flexibility index (Phi) is 3.63. The van der Waals surface area contributed by atoms with E-state index >= 15 is 0 Å². The molecule has 2 heterocycles. The van der Waals surface area contributed by atoms with Crippen LogP contribution >= 0.6 is 0 Å². The molecule has 1 amide bonds. The van der Waals surface area contributed by atoms with Crippen LogP contribution in [0, 0.1) is 0 Å². The van der Waals surface area contributed by atoms with E-state index in [0.29, 0.717) is 16.3 Å². The third kappa shape index (κ3) is 2.92. The van der Waals surface area contributed by atoms with Crippen LogP contribution in [0.15, 0.2) is 89.0 Å². The van der Waals surface area contributed by atoms with Crippen molar-refractivity contribution in [2.24, 2.45) is 9.98 Å². The summed E-state index contributed by atoms with van der Waals surface area (Å²) >= 11 is 0. The number of ketones is 1. The molecule has 1 aromatic heterocycles. The number of fused-ring (bicyclic) bond motifs is 1. The lowest BCUT2D eigenvalue weighted by atomic mass is 10.1. The fraction of sp³-hybridized carbons (Fsp3) is 0.